The van der Waals surface area contributed by atoms with Crippen LogP contribution in [0, 0.1) is 10.1 Å². The van der Waals surface area contributed by atoms with Gasteiger partial charge in [0.1, 0.15) is 6.10 Å². The van der Waals surface area contributed by atoms with Crippen LogP contribution in [0.4, 0.5) is 10.5 Å². The van der Waals surface area contributed by atoms with Crippen molar-refractivity contribution in [2.75, 3.05) is 6.54 Å². The molecule has 3 amide bonds. The second-order valence-electron chi connectivity index (χ2n) is 6.30. The van der Waals surface area contributed by atoms with Crippen molar-refractivity contribution >= 4 is 23.6 Å². The zero-order valence-corrected chi connectivity index (χ0v) is 16.0. The van der Waals surface area contributed by atoms with Gasteiger partial charge >= 0.3 is 6.09 Å². The molecule has 0 aliphatic rings. The quantitative estimate of drug-likeness (QED) is 0.296. The van der Waals surface area contributed by atoms with Gasteiger partial charge in [-0.05, 0) is 31.4 Å². The van der Waals surface area contributed by atoms with Gasteiger partial charge in [0.25, 0.3) is 5.69 Å². The summed E-state index contributed by atoms with van der Waals surface area (Å²) in [4.78, 5) is 44.2. The predicted molar refractivity (Wildman–Crippen MR) is 101 cm³/mol. The number of nitrogens with two attached hydrogens (primary N) is 1. The molecule has 10 nitrogen and oxygen atoms in total. The lowest BCUT2D eigenvalue weighted by Crippen LogP contribution is -2.23. The molecule has 0 spiro atoms. The number of unbranched alkanes of at least 4 members (excludes halogenated alkanes) is 2. The normalized spacial score (nSPS) is 11.4. The van der Waals surface area contributed by atoms with E-state index < -0.39 is 17.1 Å². The van der Waals surface area contributed by atoms with Crippen molar-refractivity contribution in [1.29, 1.82) is 0 Å². The number of nitro benzene ring substituents is 1. The maximum atomic E-state index is 11.9. The largest absolute Gasteiger partial charge is 0.442 e. The summed E-state index contributed by atoms with van der Waals surface area (Å²) in [7, 11) is 0. The minimum Gasteiger partial charge on any atom is -0.442 e. The van der Waals surface area contributed by atoms with Crippen LogP contribution < -0.4 is 16.4 Å². The lowest BCUT2D eigenvalue weighted by molar-refractivity contribution is -0.386. The number of rotatable bonds is 11. The van der Waals surface area contributed by atoms with Crippen LogP contribution in [0.2, 0.25) is 0 Å². The van der Waals surface area contributed by atoms with Gasteiger partial charge in [0.05, 0.1) is 10.5 Å². The molecule has 28 heavy (non-hydrogen) atoms. The number of ether oxygens (including phenoxy) is 1. The third kappa shape index (κ3) is 8.47. The number of primary amides is 1. The van der Waals surface area contributed by atoms with E-state index in [9.17, 15) is 24.5 Å². The lowest BCUT2D eigenvalue weighted by atomic mass is 10.0. The molecule has 0 saturated heterocycles. The SMILES string of the molecule is CC(=O)NCCCCCC(=O)NCc1ccc([N+](=O)[O-])c(C(C)OC(N)=O)c1. The summed E-state index contributed by atoms with van der Waals surface area (Å²) in [5.41, 5.74) is 5.63. The van der Waals surface area contributed by atoms with Crippen LogP contribution in [0.15, 0.2) is 18.2 Å². The van der Waals surface area contributed by atoms with E-state index in [1.54, 1.807) is 0 Å². The Balaban J connectivity index is 2.55. The van der Waals surface area contributed by atoms with Gasteiger partial charge in [-0.15, -0.1) is 0 Å². The molecule has 0 bridgehead atoms. The number of hydrogen-bond acceptors (Lipinski definition) is 6. The Hall–Kier alpha value is -3.17. The van der Waals surface area contributed by atoms with E-state index in [0.717, 1.165) is 12.8 Å². The predicted octanol–water partition coefficient (Wildman–Crippen LogP) is 2.06. The number of nitrogens with one attached hydrogen (secondary N) is 2. The summed E-state index contributed by atoms with van der Waals surface area (Å²) >= 11 is 0. The average molecular weight is 394 g/mol. The van der Waals surface area contributed by atoms with E-state index in [1.807, 2.05) is 0 Å². The molecule has 0 aromatic heterocycles. The van der Waals surface area contributed by atoms with Gasteiger partial charge in [-0.1, -0.05) is 12.5 Å². The monoisotopic (exact) mass is 394 g/mol. The van der Waals surface area contributed by atoms with Gasteiger partial charge in [0, 0.05) is 32.5 Å². The zero-order chi connectivity index (χ0) is 21.1. The van der Waals surface area contributed by atoms with Crippen LogP contribution in [-0.2, 0) is 20.9 Å². The summed E-state index contributed by atoms with van der Waals surface area (Å²) in [6.07, 6.45) is 0.742. The van der Waals surface area contributed by atoms with Crippen molar-refractivity contribution < 1.29 is 24.0 Å². The van der Waals surface area contributed by atoms with Crippen LogP contribution >= 0.6 is 0 Å². The third-order valence-electron chi connectivity index (χ3n) is 3.96. The Morgan fingerprint density at radius 3 is 2.54 bits per heavy atom. The molecule has 0 heterocycles. The molecule has 0 aliphatic heterocycles. The maximum Gasteiger partial charge on any atom is 0.405 e. The van der Waals surface area contributed by atoms with Crippen LogP contribution in [0.25, 0.3) is 0 Å². The molecular weight excluding hydrogens is 368 g/mol. The highest BCUT2D eigenvalue weighted by Crippen LogP contribution is 2.28. The standard InChI is InChI=1S/C18H26N4O6/c1-12(28-18(19)25)15-10-14(7-8-16(15)22(26)27)11-21-17(24)6-4-3-5-9-20-13(2)23/h7-8,10,12H,3-6,9,11H2,1-2H3,(H2,19,25)(H,20,23)(H,21,24). The summed E-state index contributed by atoms with van der Waals surface area (Å²) in [6.45, 7) is 3.72. The molecule has 0 fully saturated rings. The van der Waals surface area contributed by atoms with Gasteiger partial charge in [0.15, 0.2) is 0 Å². The highest BCUT2D eigenvalue weighted by Gasteiger charge is 2.21. The number of carbonyl (C=O) groups is 3. The first kappa shape index (κ1) is 22.9. The summed E-state index contributed by atoms with van der Waals surface area (Å²) in [5, 5.41) is 16.6. The van der Waals surface area contributed by atoms with Gasteiger partial charge < -0.3 is 21.1 Å². The van der Waals surface area contributed by atoms with E-state index in [0.29, 0.717) is 24.9 Å². The van der Waals surface area contributed by atoms with Crippen molar-refractivity contribution in [1.82, 2.24) is 10.6 Å². The second-order valence-corrected chi connectivity index (χ2v) is 6.30. The number of nitrogens with zero attached hydrogens (tertiary/aromatic N) is 1. The molecule has 0 aliphatic carbocycles. The number of benzene rings is 1. The molecule has 1 atom stereocenters. The fraction of sp³-hybridized carbons (Fsp3) is 0.500. The summed E-state index contributed by atoms with van der Waals surface area (Å²) < 4.78 is 4.83. The molecule has 4 N–H and O–H groups in total. The van der Waals surface area contributed by atoms with E-state index >= 15 is 0 Å². The van der Waals surface area contributed by atoms with Gasteiger partial charge in [-0.3, -0.25) is 19.7 Å². The van der Waals surface area contributed by atoms with Crippen molar-refractivity contribution in [2.45, 2.75) is 52.2 Å². The Morgan fingerprint density at radius 2 is 1.93 bits per heavy atom. The first-order valence-electron chi connectivity index (χ1n) is 8.95. The molecule has 1 aromatic rings. The molecular formula is C18H26N4O6. The molecule has 154 valence electrons. The van der Waals surface area contributed by atoms with Gasteiger partial charge in [-0.25, -0.2) is 4.79 Å². The third-order valence-corrected chi connectivity index (χ3v) is 3.96. The van der Waals surface area contributed by atoms with Crippen molar-refractivity contribution in [3.05, 3.63) is 39.4 Å². The Morgan fingerprint density at radius 1 is 1.21 bits per heavy atom. The maximum absolute atomic E-state index is 11.9. The topological polar surface area (TPSA) is 154 Å². The summed E-state index contributed by atoms with van der Waals surface area (Å²) in [6, 6.07) is 4.35. The molecule has 10 heteroatoms. The smallest absolute Gasteiger partial charge is 0.405 e. The molecule has 1 unspecified atom stereocenters. The Kier molecular flexibility index (Phi) is 9.41. The van der Waals surface area contributed by atoms with Gasteiger partial charge in [0.2, 0.25) is 11.8 Å². The highest BCUT2D eigenvalue weighted by molar-refractivity contribution is 5.75. The van der Waals surface area contributed by atoms with E-state index in [2.05, 4.69) is 10.6 Å². The first-order valence-corrected chi connectivity index (χ1v) is 8.95. The minimum absolute atomic E-state index is 0.0734. The molecule has 0 saturated carbocycles. The molecule has 0 radical (unpaired) electrons. The fourth-order valence-corrected chi connectivity index (χ4v) is 2.58. The zero-order valence-electron chi connectivity index (χ0n) is 16.0. The van der Waals surface area contributed by atoms with Crippen LogP contribution in [-0.4, -0.2) is 29.4 Å². The van der Waals surface area contributed by atoms with Crippen LogP contribution in [0.5, 0.6) is 0 Å². The highest BCUT2D eigenvalue weighted by atomic mass is 16.6. The average Bonchev–Trinajstić information content (AvgIpc) is 2.61. The van der Waals surface area contributed by atoms with Gasteiger partial charge in [-0.2, -0.15) is 0 Å². The molecule has 1 rings (SSSR count). The first-order chi connectivity index (χ1) is 13.2. The minimum atomic E-state index is -1.03. The van der Waals surface area contributed by atoms with E-state index in [1.165, 1.54) is 32.0 Å². The number of nitro groups is 1. The van der Waals surface area contributed by atoms with Crippen LogP contribution in [0.1, 0.15) is 56.8 Å². The second kappa shape index (κ2) is 11.5. The van der Waals surface area contributed by atoms with E-state index in [4.69, 9.17) is 10.5 Å². The molecule has 1 aromatic carbocycles. The number of hydrogen-bond donors (Lipinski definition) is 3. The fourth-order valence-electron chi connectivity index (χ4n) is 2.58. The number of amides is 3. The van der Waals surface area contributed by atoms with Crippen molar-refractivity contribution in [2.24, 2.45) is 5.73 Å². The van der Waals surface area contributed by atoms with Crippen molar-refractivity contribution in [3.63, 3.8) is 0 Å². The van der Waals surface area contributed by atoms with E-state index in [-0.39, 0.29) is 29.6 Å². The lowest BCUT2D eigenvalue weighted by Gasteiger charge is -2.14. The Bertz CT molecular complexity index is 722. The summed E-state index contributed by atoms with van der Waals surface area (Å²) in [5.74, 6) is -0.211. The number of carbonyl (C=O) groups excluding carboxylic acids is 3. The van der Waals surface area contributed by atoms with Crippen molar-refractivity contribution in [3.8, 4) is 0 Å². The van der Waals surface area contributed by atoms with Crippen LogP contribution in [0.3, 0.4) is 0 Å². The Labute approximate surface area is 163 Å².